The molecule has 5 rings (SSSR count). The highest BCUT2D eigenvalue weighted by Crippen LogP contribution is 2.56. The van der Waals surface area contributed by atoms with E-state index in [9.17, 15) is 14.4 Å². The Morgan fingerprint density at radius 3 is 2.13 bits per heavy atom. The zero-order valence-electron chi connectivity index (χ0n) is 16.1. The molecule has 2 bridgehead atoms. The first kappa shape index (κ1) is 19.6. The number of hydrogen-bond donors (Lipinski definition) is 0. The zero-order valence-corrected chi connectivity index (χ0v) is 17.6. The first-order valence-electron chi connectivity index (χ1n) is 10.1. The van der Waals surface area contributed by atoms with E-state index in [0.717, 1.165) is 24.3 Å². The van der Waals surface area contributed by atoms with Crippen molar-refractivity contribution in [2.75, 3.05) is 0 Å². The highest BCUT2D eigenvalue weighted by molar-refractivity contribution is 6.31. The lowest BCUT2D eigenvalue weighted by molar-refractivity contribution is -0.156. The average molecular weight is 443 g/mol. The average Bonchev–Trinajstić information content (AvgIpc) is 3.42. The monoisotopic (exact) mass is 442 g/mol. The van der Waals surface area contributed by atoms with Gasteiger partial charge in [-0.05, 0) is 67.0 Å². The predicted molar refractivity (Wildman–Crippen MR) is 112 cm³/mol. The lowest BCUT2D eigenvalue weighted by Gasteiger charge is -2.31. The summed E-state index contributed by atoms with van der Waals surface area (Å²) in [6, 6.07) is 13.6. The summed E-state index contributed by atoms with van der Waals surface area (Å²) >= 11 is 12.3. The number of benzene rings is 2. The number of hydrogen-bond acceptors (Lipinski definition) is 3. The molecule has 3 fully saturated rings. The first-order chi connectivity index (χ1) is 14.5. The van der Waals surface area contributed by atoms with Crippen LogP contribution in [0.15, 0.2) is 48.5 Å². The summed E-state index contributed by atoms with van der Waals surface area (Å²) < 4.78 is 0. The third-order valence-electron chi connectivity index (χ3n) is 6.75. The molecule has 0 aromatic heterocycles. The maximum absolute atomic E-state index is 13.4. The fourth-order valence-corrected chi connectivity index (χ4v) is 5.72. The molecule has 2 aliphatic carbocycles. The molecule has 30 heavy (non-hydrogen) atoms. The van der Waals surface area contributed by atoms with E-state index in [1.165, 1.54) is 5.01 Å². The number of hydrazine groups is 1. The largest absolute Gasteiger partial charge is 0.273 e. The van der Waals surface area contributed by atoms with E-state index in [0.29, 0.717) is 21.2 Å². The van der Waals surface area contributed by atoms with Crippen molar-refractivity contribution in [2.45, 2.75) is 25.8 Å². The maximum Gasteiger partial charge on any atom is 0.273 e. The molecule has 1 saturated heterocycles. The van der Waals surface area contributed by atoms with Gasteiger partial charge >= 0.3 is 0 Å². The van der Waals surface area contributed by atoms with Gasteiger partial charge in [-0.25, -0.2) is 5.01 Å². The topological polar surface area (TPSA) is 57.7 Å². The smallest absolute Gasteiger partial charge is 0.272 e. The van der Waals surface area contributed by atoms with Gasteiger partial charge in [0.25, 0.3) is 17.7 Å². The second-order valence-corrected chi connectivity index (χ2v) is 9.18. The summed E-state index contributed by atoms with van der Waals surface area (Å²) in [4.78, 5) is 40.1. The van der Waals surface area contributed by atoms with Crippen molar-refractivity contribution in [1.82, 2.24) is 10.0 Å². The maximum atomic E-state index is 13.4. The van der Waals surface area contributed by atoms with Crippen molar-refractivity contribution in [3.05, 3.63) is 69.7 Å². The predicted octanol–water partition coefficient (Wildman–Crippen LogP) is 4.58. The van der Waals surface area contributed by atoms with Crippen molar-refractivity contribution >= 4 is 40.9 Å². The zero-order chi connectivity index (χ0) is 21.0. The molecule has 3 aliphatic rings. The molecule has 2 aromatic carbocycles. The number of nitrogens with zero attached hydrogens (tertiary/aromatic N) is 2. The van der Waals surface area contributed by atoms with Crippen LogP contribution in [-0.2, 0) is 16.1 Å². The minimum absolute atomic E-state index is 0.0351. The van der Waals surface area contributed by atoms with Gasteiger partial charge in [-0.1, -0.05) is 41.4 Å². The van der Waals surface area contributed by atoms with Crippen molar-refractivity contribution < 1.29 is 14.4 Å². The number of fused-ring (bicyclic) bond motifs is 5. The normalized spacial score (nSPS) is 26.9. The van der Waals surface area contributed by atoms with Crippen LogP contribution in [0.3, 0.4) is 0 Å². The quantitative estimate of drug-likeness (QED) is 0.650. The fraction of sp³-hybridized carbons (Fsp3) is 0.348. The molecule has 0 spiro atoms. The standard InChI is InChI=1S/C23H20Cl2N2O3/c24-17-9-7-13(8-10-17)21(28)26(12-16-3-1-2-4-18(16)25)27-22(29)19-14-5-6-15(11-14)20(19)23(27)30/h1-4,7-10,14-15,19-20H,5-6,11-12H2/t14-,15-,19+,20+/m0/s1. The van der Waals surface area contributed by atoms with Crippen LogP contribution in [0.4, 0.5) is 0 Å². The van der Waals surface area contributed by atoms with Crippen LogP contribution in [0.2, 0.25) is 10.0 Å². The van der Waals surface area contributed by atoms with Gasteiger partial charge in [0.1, 0.15) is 0 Å². The van der Waals surface area contributed by atoms with Gasteiger partial charge in [0.2, 0.25) is 0 Å². The van der Waals surface area contributed by atoms with E-state index in [-0.39, 0.29) is 42.0 Å². The van der Waals surface area contributed by atoms with Gasteiger partial charge in [-0.15, -0.1) is 0 Å². The molecular weight excluding hydrogens is 423 g/mol. The minimum Gasteiger partial charge on any atom is -0.272 e. The van der Waals surface area contributed by atoms with E-state index < -0.39 is 5.91 Å². The Kier molecular flexibility index (Phi) is 4.83. The molecule has 0 N–H and O–H groups in total. The molecule has 4 atom stereocenters. The van der Waals surface area contributed by atoms with E-state index >= 15 is 0 Å². The van der Waals surface area contributed by atoms with Crippen LogP contribution in [-0.4, -0.2) is 27.7 Å². The van der Waals surface area contributed by atoms with Gasteiger partial charge in [-0.3, -0.25) is 14.4 Å². The Bertz CT molecular complexity index is 1010. The van der Waals surface area contributed by atoms with Gasteiger partial charge < -0.3 is 0 Å². The number of rotatable bonds is 4. The summed E-state index contributed by atoms with van der Waals surface area (Å²) in [6.07, 6.45) is 2.90. The summed E-state index contributed by atoms with van der Waals surface area (Å²) in [5.41, 5.74) is 1.02. The Labute approximate surface area is 184 Å². The summed E-state index contributed by atoms with van der Waals surface area (Å²) in [6.45, 7) is 0.0351. The van der Waals surface area contributed by atoms with Crippen molar-refractivity contribution in [2.24, 2.45) is 23.7 Å². The second-order valence-electron chi connectivity index (χ2n) is 8.33. The van der Waals surface area contributed by atoms with Crippen LogP contribution >= 0.6 is 23.2 Å². The highest BCUT2D eigenvalue weighted by Gasteiger charge is 2.62. The van der Waals surface area contributed by atoms with E-state index in [4.69, 9.17) is 23.2 Å². The molecule has 154 valence electrons. The Hall–Kier alpha value is -2.37. The molecular formula is C23H20Cl2N2O3. The molecule has 5 nitrogen and oxygen atoms in total. The summed E-state index contributed by atoms with van der Waals surface area (Å²) in [7, 11) is 0. The van der Waals surface area contributed by atoms with Crippen molar-refractivity contribution in [3.63, 3.8) is 0 Å². The van der Waals surface area contributed by atoms with Crippen LogP contribution in [0.25, 0.3) is 0 Å². The molecule has 2 aromatic rings. The van der Waals surface area contributed by atoms with Gasteiger partial charge in [0, 0.05) is 15.6 Å². The summed E-state index contributed by atoms with van der Waals surface area (Å²) in [5.74, 6) is -1.06. The molecule has 0 unspecified atom stereocenters. The van der Waals surface area contributed by atoms with E-state index in [1.54, 1.807) is 42.5 Å². The molecule has 0 radical (unpaired) electrons. The SMILES string of the molecule is O=C(c1ccc(Cl)cc1)N(Cc1ccccc1Cl)N1C(=O)[C@@H]2[C@H]3CC[C@@H](C3)[C@H]2C1=O. The van der Waals surface area contributed by atoms with Crippen molar-refractivity contribution in [3.8, 4) is 0 Å². The van der Waals surface area contributed by atoms with E-state index in [2.05, 4.69) is 0 Å². The van der Waals surface area contributed by atoms with Gasteiger partial charge in [0.05, 0.1) is 18.4 Å². The number of carbonyl (C=O) groups is 3. The Morgan fingerprint density at radius 2 is 1.53 bits per heavy atom. The fourth-order valence-electron chi connectivity index (χ4n) is 5.39. The lowest BCUT2D eigenvalue weighted by Crippen LogP contribution is -2.50. The number of halogens is 2. The number of carbonyl (C=O) groups excluding carboxylic acids is 3. The van der Waals surface area contributed by atoms with Crippen LogP contribution in [0.5, 0.6) is 0 Å². The number of imide groups is 1. The van der Waals surface area contributed by atoms with Crippen LogP contribution < -0.4 is 0 Å². The molecule has 7 heteroatoms. The summed E-state index contributed by atoms with van der Waals surface area (Å²) in [5, 5.41) is 3.34. The Morgan fingerprint density at radius 1 is 0.933 bits per heavy atom. The van der Waals surface area contributed by atoms with Crippen molar-refractivity contribution in [1.29, 1.82) is 0 Å². The third kappa shape index (κ3) is 3.03. The number of amides is 3. The van der Waals surface area contributed by atoms with Crippen LogP contribution in [0.1, 0.15) is 35.2 Å². The highest BCUT2D eigenvalue weighted by atomic mass is 35.5. The molecule has 2 saturated carbocycles. The van der Waals surface area contributed by atoms with Gasteiger partial charge in [-0.2, -0.15) is 5.01 Å². The first-order valence-corrected chi connectivity index (χ1v) is 10.9. The second kappa shape index (κ2) is 7.40. The Balaban J connectivity index is 1.53. The minimum atomic E-state index is -0.430. The van der Waals surface area contributed by atoms with E-state index in [1.807, 2.05) is 6.07 Å². The van der Waals surface area contributed by atoms with Gasteiger partial charge in [0.15, 0.2) is 0 Å². The van der Waals surface area contributed by atoms with Crippen LogP contribution in [0, 0.1) is 23.7 Å². The molecule has 1 aliphatic heterocycles. The lowest BCUT2D eigenvalue weighted by atomic mass is 9.81. The third-order valence-corrected chi connectivity index (χ3v) is 7.37. The molecule has 3 amide bonds. The molecule has 1 heterocycles.